The molecule has 0 saturated carbocycles. The largest absolute Gasteiger partial charge is 0.436 e. The second-order valence-electron chi connectivity index (χ2n) is 8.09. The summed E-state index contributed by atoms with van der Waals surface area (Å²) in [6.07, 6.45) is 3.49. The van der Waals surface area contributed by atoms with E-state index in [1.54, 1.807) is 11.8 Å². The Morgan fingerprint density at radius 1 is 1.17 bits per heavy atom. The summed E-state index contributed by atoms with van der Waals surface area (Å²) in [5.41, 5.74) is 2.39. The minimum absolute atomic E-state index is 0.668. The van der Waals surface area contributed by atoms with Crippen LogP contribution in [0.25, 0.3) is 10.2 Å². The van der Waals surface area contributed by atoms with E-state index in [1.165, 1.54) is 22.2 Å². The van der Waals surface area contributed by atoms with Crippen molar-refractivity contribution in [3.63, 3.8) is 0 Å². The molecule has 1 saturated heterocycles. The number of nitrogens with zero attached hydrogens (tertiary/aromatic N) is 4. The molecular weight excluding hydrogens is 404 g/mol. The molecule has 3 aromatic rings. The normalized spacial score (nSPS) is 20.3. The third-order valence-corrected chi connectivity index (χ3v) is 7.82. The topological polar surface area (TPSA) is 64.3 Å². The van der Waals surface area contributed by atoms with Crippen molar-refractivity contribution in [1.29, 1.82) is 0 Å². The van der Waals surface area contributed by atoms with Crippen LogP contribution in [0.1, 0.15) is 41.1 Å². The fourth-order valence-corrected chi connectivity index (χ4v) is 6.48. The molecule has 8 heteroatoms. The Kier molecular flexibility index (Phi) is 5.36. The number of ether oxygens (including phenoxy) is 1. The van der Waals surface area contributed by atoms with Gasteiger partial charge in [-0.25, -0.2) is 15.0 Å². The molecular formula is C21H26N4O2S2. The van der Waals surface area contributed by atoms with Gasteiger partial charge in [0.1, 0.15) is 21.4 Å². The smallest absolute Gasteiger partial charge is 0.262 e. The number of fused-ring (bicyclic) bond motifs is 3. The van der Waals surface area contributed by atoms with Crippen LogP contribution in [-0.2, 0) is 24.1 Å². The Morgan fingerprint density at radius 3 is 2.76 bits per heavy atom. The minimum atomic E-state index is 0.668. The fraction of sp³-hybridized carbons (Fsp3) is 0.571. The number of morpholine rings is 1. The highest BCUT2D eigenvalue weighted by atomic mass is 32.2. The molecule has 5 rings (SSSR count). The molecule has 1 atom stereocenters. The molecule has 1 aliphatic carbocycles. The van der Waals surface area contributed by atoms with Crippen molar-refractivity contribution in [1.82, 2.24) is 19.9 Å². The molecule has 154 valence electrons. The molecule has 0 radical (unpaired) electrons. The van der Waals surface area contributed by atoms with Crippen molar-refractivity contribution in [3.8, 4) is 0 Å². The molecule has 0 spiro atoms. The second kappa shape index (κ2) is 7.98. The molecule has 0 N–H and O–H groups in total. The molecule has 1 aliphatic heterocycles. The van der Waals surface area contributed by atoms with Gasteiger partial charge < -0.3 is 9.15 Å². The fourth-order valence-electron chi connectivity index (χ4n) is 4.02. The zero-order chi connectivity index (χ0) is 20.0. The predicted octanol–water partition coefficient (Wildman–Crippen LogP) is 4.40. The van der Waals surface area contributed by atoms with E-state index in [0.29, 0.717) is 5.22 Å². The molecule has 4 heterocycles. The van der Waals surface area contributed by atoms with Crippen molar-refractivity contribution in [2.45, 2.75) is 56.8 Å². The van der Waals surface area contributed by atoms with Gasteiger partial charge in [-0.2, -0.15) is 0 Å². The molecule has 1 fully saturated rings. The first-order valence-corrected chi connectivity index (χ1v) is 11.9. The summed E-state index contributed by atoms with van der Waals surface area (Å²) in [6.45, 7) is 10.5. The average Bonchev–Trinajstić information content (AvgIpc) is 3.21. The third kappa shape index (κ3) is 3.95. The molecule has 29 heavy (non-hydrogen) atoms. The van der Waals surface area contributed by atoms with E-state index in [0.717, 1.165) is 78.7 Å². The molecule has 0 bridgehead atoms. The van der Waals surface area contributed by atoms with Crippen LogP contribution in [-0.4, -0.2) is 46.2 Å². The van der Waals surface area contributed by atoms with Gasteiger partial charge in [0.15, 0.2) is 0 Å². The average molecular weight is 431 g/mol. The maximum Gasteiger partial charge on any atom is 0.262 e. The van der Waals surface area contributed by atoms with Crippen LogP contribution in [0.3, 0.4) is 0 Å². The lowest BCUT2D eigenvalue weighted by Crippen LogP contribution is -2.36. The van der Waals surface area contributed by atoms with E-state index in [2.05, 4.69) is 16.8 Å². The molecule has 0 amide bonds. The van der Waals surface area contributed by atoms with Crippen molar-refractivity contribution >= 4 is 33.3 Å². The number of aryl methyl sites for hydroxylation is 3. The van der Waals surface area contributed by atoms with E-state index in [-0.39, 0.29) is 0 Å². The van der Waals surface area contributed by atoms with Gasteiger partial charge in [-0.1, -0.05) is 6.92 Å². The van der Waals surface area contributed by atoms with Crippen LogP contribution in [0.15, 0.2) is 14.7 Å². The molecule has 0 unspecified atom stereocenters. The lowest BCUT2D eigenvalue weighted by atomic mass is 9.89. The van der Waals surface area contributed by atoms with Crippen molar-refractivity contribution in [3.05, 3.63) is 27.7 Å². The third-order valence-electron chi connectivity index (χ3n) is 5.83. The van der Waals surface area contributed by atoms with Crippen LogP contribution in [0.4, 0.5) is 0 Å². The number of oxazole rings is 1. The van der Waals surface area contributed by atoms with E-state index in [4.69, 9.17) is 19.1 Å². The highest BCUT2D eigenvalue weighted by Crippen LogP contribution is 2.42. The number of hydrogen-bond acceptors (Lipinski definition) is 8. The van der Waals surface area contributed by atoms with Gasteiger partial charge in [0.05, 0.1) is 25.5 Å². The van der Waals surface area contributed by atoms with Crippen LogP contribution >= 0.6 is 23.1 Å². The first-order chi connectivity index (χ1) is 14.1. The van der Waals surface area contributed by atoms with Gasteiger partial charge in [-0.3, -0.25) is 4.90 Å². The summed E-state index contributed by atoms with van der Waals surface area (Å²) in [7, 11) is 0. The molecule has 2 aliphatic rings. The Balaban J connectivity index is 1.56. The highest BCUT2D eigenvalue weighted by Gasteiger charge is 2.25. The monoisotopic (exact) mass is 430 g/mol. The van der Waals surface area contributed by atoms with E-state index in [9.17, 15) is 0 Å². The lowest BCUT2D eigenvalue weighted by molar-refractivity contribution is 0.0330. The van der Waals surface area contributed by atoms with Gasteiger partial charge in [0.25, 0.3) is 5.22 Å². The number of aromatic nitrogens is 3. The quantitative estimate of drug-likeness (QED) is 0.568. The van der Waals surface area contributed by atoms with E-state index >= 15 is 0 Å². The first-order valence-electron chi connectivity index (χ1n) is 10.3. The van der Waals surface area contributed by atoms with Gasteiger partial charge in [-0.15, -0.1) is 11.3 Å². The van der Waals surface area contributed by atoms with Crippen molar-refractivity contribution < 1.29 is 9.15 Å². The molecule has 3 aromatic heterocycles. The highest BCUT2D eigenvalue weighted by molar-refractivity contribution is 7.99. The van der Waals surface area contributed by atoms with Crippen LogP contribution in [0.5, 0.6) is 0 Å². The van der Waals surface area contributed by atoms with Crippen LogP contribution in [0, 0.1) is 19.8 Å². The maximum absolute atomic E-state index is 5.86. The number of thiophene rings is 1. The lowest BCUT2D eigenvalue weighted by Gasteiger charge is -2.25. The van der Waals surface area contributed by atoms with Crippen LogP contribution in [0.2, 0.25) is 0 Å². The standard InChI is InChI=1S/C21H26N4O2S2/c1-12-4-5-15-16(10-12)28-19-18(15)20(29-21-22-13(2)14(3)27-21)24-17(23-19)11-25-6-8-26-9-7-25/h12H,4-11H2,1-3H3/t12-/m0/s1. The summed E-state index contributed by atoms with van der Waals surface area (Å²) in [5.74, 6) is 2.49. The predicted molar refractivity (Wildman–Crippen MR) is 115 cm³/mol. The summed E-state index contributed by atoms with van der Waals surface area (Å²) >= 11 is 3.40. The van der Waals surface area contributed by atoms with Gasteiger partial charge in [-0.05, 0) is 56.4 Å². The zero-order valence-electron chi connectivity index (χ0n) is 17.2. The van der Waals surface area contributed by atoms with Crippen LogP contribution < -0.4 is 0 Å². The van der Waals surface area contributed by atoms with E-state index < -0.39 is 0 Å². The summed E-state index contributed by atoms with van der Waals surface area (Å²) in [6, 6.07) is 0. The summed E-state index contributed by atoms with van der Waals surface area (Å²) in [4.78, 5) is 19.5. The number of rotatable bonds is 4. The molecule has 0 aromatic carbocycles. The van der Waals surface area contributed by atoms with Gasteiger partial charge in [0.2, 0.25) is 0 Å². The van der Waals surface area contributed by atoms with Gasteiger partial charge >= 0.3 is 0 Å². The maximum atomic E-state index is 5.86. The van der Waals surface area contributed by atoms with Crippen molar-refractivity contribution in [2.75, 3.05) is 26.3 Å². The SMILES string of the molecule is Cc1nc(Sc2nc(CN3CCOCC3)nc3sc4c(c23)CC[C@H](C)C4)oc1C. The number of hydrogen-bond donors (Lipinski definition) is 0. The molecule has 6 nitrogen and oxygen atoms in total. The Bertz CT molecular complexity index is 1020. The zero-order valence-corrected chi connectivity index (χ0v) is 18.8. The summed E-state index contributed by atoms with van der Waals surface area (Å²) in [5, 5.41) is 2.88. The Labute approximate surface area is 179 Å². The summed E-state index contributed by atoms with van der Waals surface area (Å²) < 4.78 is 11.3. The second-order valence-corrected chi connectivity index (χ2v) is 10.1. The van der Waals surface area contributed by atoms with E-state index in [1.807, 2.05) is 25.2 Å². The minimum Gasteiger partial charge on any atom is -0.436 e. The first kappa shape index (κ1) is 19.5. The van der Waals surface area contributed by atoms with Gasteiger partial charge in [0, 0.05) is 23.4 Å². The Hall–Kier alpha value is -1.48. The van der Waals surface area contributed by atoms with Crippen molar-refractivity contribution in [2.24, 2.45) is 5.92 Å². The Morgan fingerprint density at radius 2 is 2.00 bits per heavy atom.